The van der Waals surface area contributed by atoms with E-state index >= 15 is 0 Å². The van der Waals surface area contributed by atoms with Gasteiger partial charge in [-0.1, -0.05) is 63.9 Å². The standard InChI is InChI=1S/C19H26ClN3O2.C10H11FO.C2H6/c1-5-7-17(24)13(4)21-19(25)18-12(3)11-23(22-18)16-9-8-15(20)10-14(16)6-2;1-8(7-12)6-9-2-4-10(11)5-3-9;1-2/h8-11,13,17,24H,5-7H2,1-4H3,(H,21,25);2-6,12H,7H2,1H3;1-2H3/b;8-6-;/t13-,17-;;/m1../s1. The van der Waals surface area contributed by atoms with Crippen LogP contribution in [0.5, 0.6) is 0 Å². The van der Waals surface area contributed by atoms with Crippen LogP contribution in [0.3, 0.4) is 0 Å². The summed E-state index contributed by atoms with van der Waals surface area (Å²) in [6.45, 7) is 13.6. The van der Waals surface area contributed by atoms with Crippen molar-refractivity contribution in [2.75, 3.05) is 6.61 Å². The van der Waals surface area contributed by atoms with Gasteiger partial charge in [0.25, 0.3) is 5.91 Å². The zero-order chi connectivity index (χ0) is 29.5. The summed E-state index contributed by atoms with van der Waals surface area (Å²) < 4.78 is 14.2. The molecule has 39 heavy (non-hydrogen) atoms. The third-order valence-corrected chi connectivity index (χ3v) is 6.07. The molecule has 0 aliphatic carbocycles. The highest BCUT2D eigenvalue weighted by Crippen LogP contribution is 2.21. The Morgan fingerprint density at radius 1 is 1.18 bits per heavy atom. The lowest BCUT2D eigenvalue weighted by Gasteiger charge is -2.19. The molecule has 0 aliphatic rings. The van der Waals surface area contributed by atoms with Crippen LogP contribution in [0.4, 0.5) is 4.39 Å². The van der Waals surface area contributed by atoms with Gasteiger partial charge in [0, 0.05) is 16.8 Å². The van der Waals surface area contributed by atoms with E-state index in [-0.39, 0.29) is 24.4 Å². The number of amides is 1. The molecule has 0 saturated heterocycles. The number of benzene rings is 2. The third-order valence-electron chi connectivity index (χ3n) is 5.83. The topological polar surface area (TPSA) is 87.4 Å². The predicted octanol–water partition coefficient (Wildman–Crippen LogP) is 6.92. The molecule has 0 aliphatic heterocycles. The highest BCUT2D eigenvalue weighted by Gasteiger charge is 2.21. The number of aryl methyl sites for hydroxylation is 2. The van der Waals surface area contributed by atoms with Crippen molar-refractivity contribution in [3.8, 4) is 5.69 Å². The summed E-state index contributed by atoms with van der Waals surface area (Å²) >= 11 is 6.07. The quantitative estimate of drug-likeness (QED) is 0.265. The Morgan fingerprint density at radius 3 is 2.38 bits per heavy atom. The normalized spacial score (nSPS) is 12.4. The van der Waals surface area contributed by atoms with E-state index in [1.165, 1.54) is 12.1 Å². The van der Waals surface area contributed by atoms with Crippen LogP contribution in [-0.2, 0) is 6.42 Å². The number of nitrogens with zero attached hydrogens (tertiary/aromatic N) is 2. The Bertz CT molecular complexity index is 1190. The van der Waals surface area contributed by atoms with E-state index in [1.54, 1.807) is 23.7 Å². The summed E-state index contributed by atoms with van der Waals surface area (Å²) in [5, 5.41) is 26.7. The number of hydrogen-bond donors (Lipinski definition) is 3. The smallest absolute Gasteiger partial charge is 0.272 e. The molecule has 6 nitrogen and oxygen atoms in total. The number of nitrogens with one attached hydrogen (secondary N) is 1. The fourth-order valence-electron chi connectivity index (χ4n) is 3.67. The number of aliphatic hydroxyl groups excluding tert-OH is 2. The number of rotatable bonds is 9. The van der Waals surface area contributed by atoms with Crippen molar-refractivity contribution in [2.24, 2.45) is 0 Å². The average molecular weight is 560 g/mol. The molecule has 3 N–H and O–H groups in total. The van der Waals surface area contributed by atoms with Gasteiger partial charge in [0.2, 0.25) is 0 Å². The molecule has 0 spiro atoms. The van der Waals surface area contributed by atoms with Gasteiger partial charge in [-0.3, -0.25) is 4.79 Å². The monoisotopic (exact) mass is 559 g/mol. The van der Waals surface area contributed by atoms with Crippen molar-refractivity contribution in [1.82, 2.24) is 15.1 Å². The van der Waals surface area contributed by atoms with Crippen molar-refractivity contribution >= 4 is 23.6 Å². The summed E-state index contributed by atoms with van der Waals surface area (Å²) in [5.74, 6) is -0.514. The molecule has 0 unspecified atom stereocenters. The Balaban J connectivity index is 0.000000454. The zero-order valence-electron chi connectivity index (χ0n) is 24.1. The van der Waals surface area contributed by atoms with Crippen LogP contribution in [0, 0.1) is 12.7 Å². The van der Waals surface area contributed by atoms with Gasteiger partial charge in [-0.2, -0.15) is 5.10 Å². The minimum absolute atomic E-state index is 0.0391. The summed E-state index contributed by atoms with van der Waals surface area (Å²) in [5.41, 5.74) is 4.89. The van der Waals surface area contributed by atoms with Gasteiger partial charge < -0.3 is 15.5 Å². The lowest BCUT2D eigenvalue weighted by atomic mass is 10.1. The zero-order valence-corrected chi connectivity index (χ0v) is 24.9. The van der Waals surface area contributed by atoms with Crippen molar-refractivity contribution < 1.29 is 19.4 Å². The second-order valence-corrected chi connectivity index (χ2v) is 9.49. The van der Waals surface area contributed by atoms with Gasteiger partial charge in [0.05, 0.1) is 24.4 Å². The first-order chi connectivity index (χ1) is 18.6. The SMILES string of the molecule is C/C(=C/c1ccc(F)cc1)CO.CC.CCC[C@@H](O)[C@@H](C)NC(=O)c1nn(-c2ccc(Cl)cc2CC)cc1C. The van der Waals surface area contributed by atoms with E-state index in [9.17, 15) is 14.3 Å². The van der Waals surface area contributed by atoms with Gasteiger partial charge in [-0.15, -0.1) is 0 Å². The van der Waals surface area contributed by atoms with Crippen molar-refractivity contribution in [2.45, 2.75) is 79.9 Å². The highest BCUT2D eigenvalue weighted by atomic mass is 35.5. The molecule has 2 aromatic carbocycles. The molecule has 3 aromatic rings. The molecule has 2 atom stereocenters. The first-order valence-corrected chi connectivity index (χ1v) is 13.8. The number of halogens is 2. The Hall–Kier alpha value is -3.00. The van der Waals surface area contributed by atoms with Crippen LogP contribution >= 0.6 is 11.6 Å². The Labute approximate surface area is 237 Å². The third kappa shape index (κ3) is 10.9. The van der Waals surface area contributed by atoms with Crippen molar-refractivity contribution in [3.63, 3.8) is 0 Å². The van der Waals surface area contributed by atoms with E-state index < -0.39 is 6.10 Å². The van der Waals surface area contributed by atoms with Gasteiger partial charge in [-0.05, 0) is 80.6 Å². The molecule has 3 rings (SSSR count). The van der Waals surface area contributed by atoms with Gasteiger partial charge in [0.1, 0.15) is 5.82 Å². The van der Waals surface area contributed by atoms with Gasteiger partial charge in [0.15, 0.2) is 5.69 Å². The molecule has 0 bridgehead atoms. The second-order valence-electron chi connectivity index (χ2n) is 9.05. The Kier molecular flexibility index (Phi) is 15.3. The number of hydrogen-bond acceptors (Lipinski definition) is 4. The molecular weight excluding hydrogens is 517 g/mol. The maximum atomic E-state index is 12.5. The fourth-order valence-corrected chi connectivity index (χ4v) is 3.87. The summed E-state index contributed by atoms with van der Waals surface area (Å²) in [6, 6.07) is 11.5. The van der Waals surface area contributed by atoms with Gasteiger partial charge >= 0.3 is 0 Å². The molecule has 8 heteroatoms. The first-order valence-electron chi connectivity index (χ1n) is 13.5. The van der Waals surface area contributed by atoms with E-state index in [0.29, 0.717) is 17.1 Å². The maximum absolute atomic E-state index is 12.5. The van der Waals surface area contributed by atoms with Crippen LogP contribution in [0.2, 0.25) is 5.02 Å². The van der Waals surface area contributed by atoms with Crippen LogP contribution < -0.4 is 5.32 Å². The molecule has 0 saturated carbocycles. The van der Waals surface area contributed by atoms with Crippen LogP contribution in [0.1, 0.15) is 81.6 Å². The summed E-state index contributed by atoms with van der Waals surface area (Å²) in [7, 11) is 0. The second kappa shape index (κ2) is 17.6. The maximum Gasteiger partial charge on any atom is 0.272 e. The molecule has 1 amide bonds. The lowest BCUT2D eigenvalue weighted by molar-refractivity contribution is 0.0830. The molecule has 214 valence electrons. The van der Waals surface area contributed by atoms with Crippen LogP contribution in [-0.4, -0.2) is 44.7 Å². The summed E-state index contributed by atoms with van der Waals surface area (Å²) in [6.07, 6.45) is 5.44. The molecule has 1 heterocycles. The minimum Gasteiger partial charge on any atom is -0.392 e. The van der Waals surface area contributed by atoms with Crippen molar-refractivity contribution in [3.05, 3.63) is 87.5 Å². The molecule has 0 radical (unpaired) electrons. The van der Waals surface area contributed by atoms with E-state index in [4.69, 9.17) is 16.7 Å². The number of aliphatic hydroxyl groups is 2. The van der Waals surface area contributed by atoms with E-state index in [0.717, 1.165) is 40.8 Å². The average Bonchev–Trinajstić information content (AvgIpc) is 3.32. The van der Waals surface area contributed by atoms with Crippen molar-refractivity contribution in [1.29, 1.82) is 0 Å². The van der Waals surface area contributed by atoms with E-state index in [1.807, 2.05) is 65.1 Å². The number of carbonyl (C=O) groups is 1. The molecular formula is C31H43ClFN3O3. The summed E-state index contributed by atoms with van der Waals surface area (Å²) in [4.78, 5) is 12.5. The van der Waals surface area contributed by atoms with Gasteiger partial charge in [-0.25, -0.2) is 9.07 Å². The number of aromatic nitrogens is 2. The van der Waals surface area contributed by atoms with Crippen LogP contribution in [0.15, 0.2) is 54.2 Å². The minimum atomic E-state index is -0.556. The number of carbonyl (C=O) groups excluding carboxylic acids is 1. The Morgan fingerprint density at radius 2 is 1.82 bits per heavy atom. The molecule has 0 fully saturated rings. The first kappa shape index (κ1) is 34.0. The predicted molar refractivity (Wildman–Crippen MR) is 159 cm³/mol. The van der Waals surface area contributed by atoms with Crippen LogP contribution in [0.25, 0.3) is 11.8 Å². The molecule has 1 aromatic heterocycles. The largest absolute Gasteiger partial charge is 0.392 e. The highest BCUT2D eigenvalue weighted by molar-refractivity contribution is 6.30. The fraction of sp³-hybridized carbons (Fsp3) is 0.419. The lowest BCUT2D eigenvalue weighted by Crippen LogP contribution is -2.41. The van der Waals surface area contributed by atoms with E-state index in [2.05, 4.69) is 17.3 Å².